The summed E-state index contributed by atoms with van der Waals surface area (Å²) in [6.45, 7) is 5.44. The van der Waals surface area contributed by atoms with E-state index >= 15 is 0 Å². The van der Waals surface area contributed by atoms with Crippen molar-refractivity contribution in [3.63, 3.8) is 0 Å². The van der Waals surface area contributed by atoms with Crippen LogP contribution in [0.1, 0.15) is 42.2 Å². The molecule has 1 atom stereocenters. The first kappa shape index (κ1) is 18.0. The minimum Gasteiger partial charge on any atom is -0.332 e. The molecule has 25 heavy (non-hydrogen) atoms. The molecule has 1 aromatic heterocycles. The van der Waals surface area contributed by atoms with Crippen LogP contribution >= 0.6 is 11.6 Å². The van der Waals surface area contributed by atoms with E-state index in [1.165, 1.54) is 19.3 Å². The Bertz CT molecular complexity index is 688. The summed E-state index contributed by atoms with van der Waals surface area (Å²) in [6, 6.07) is 9.99. The van der Waals surface area contributed by atoms with Crippen LogP contribution in [0, 0.1) is 0 Å². The van der Waals surface area contributed by atoms with Gasteiger partial charge in [-0.2, -0.15) is 5.10 Å². The number of halogens is 1. The van der Waals surface area contributed by atoms with Crippen molar-refractivity contribution in [2.24, 2.45) is 0 Å². The molecule has 1 aromatic carbocycles. The standard InChI is InChI=1S/C19H25ClN4O/c1-15-6-4-5-11-23(15)12-13-24(19(25)18-9-10-21-22-18)14-16-7-2-3-8-17(16)20/h2-3,7-10,15H,4-6,11-14H2,1H3,(H,21,22). The molecular weight excluding hydrogens is 336 g/mol. The molecule has 1 aliphatic rings. The van der Waals surface area contributed by atoms with Crippen molar-refractivity contribution in [2.45, 2.75) is 38.8 Å². The molecule has 2 heterocycles. The number of aromatic nitrogens is 2. The molecule has 5 nitrogen and oxygen atoms in total. The molecule has 0 radical (unpaired) electrons. The summed E-state index contributed by atoms with van der Waals surface area (Å²) < 4.78 is 0. The van der Waals surface area contributed by atoms with E-state index < -0.39 is 0 Å². The molecule has 2 aromatic rings. The zero-order valence-electron chi connectivity index (χ0n) is 14.6. The highest BCUT2D eigenvalue weighted by molar-refractivity contribution is 6.31. The normalized spacial score (nSPS) is 18.2. The van der Waals surface area contributed by atoms with Crippen LogP contribution in [0.5, 0.6) is 0 Å². The average Bonchev–Trinajstić information content (AvgIpc) is 3.15. The third kappa shape index (κ3) is 4.61. The van der Waals surface area contributed by atoms with Crippen LogP contribution in [0.2, 0.25) is 5.02 Å². The summed E-state index contributed by atoms with van der Waals surface area (Å²) in [5, 5.41) is 7.37. The van der Waals surface area contributed by atoms with Gasteiger partial charge in [-0.05, 0) is 44.0 Å². The number of hydrogen-bond acceptors (Lipinski definition) is 3. The van der Waals surface area contributed by atoms with Crippen LogP contribution in [0.25, 0.3) is 0 Å². The van der Waals surface area contributed by atoms with Crippen molar-refractivity contribution in [3.05, 3.63) is 52.8 Å². The molecule has 3 rings (SSSR count). The fourth-order valence-corrected chi connectivity index (χ4v) is 3.56. The van der Waals surface area contributed by atoms with Gasteiger partial charge < -0.3 is 4.90 Å². The molecule has 1 N–H and O–H groups in total. The largest absolute Gasteiger partial charge is 0.332 e. The summed E-state index contributed by atoms with van der Waals surface area (Å²) in [4.78, 5) is 17.2. The summed E-state index contributed by atoms with van der Waals surface area (Å²) >= 11 is 6.30. The fourth-order valence-electron chi connectivity index (χ4n) is 3.37. The van der Waals surface area contributed by atoms with Crippen molar-refractivity contribution in [2.75, 3.05) is 19.6 Å². The van der Waals surface area contributed by atoms with Gasteiger partial charge in [0.05, 0.1) is 0 Å². The summed E-state index contributed by atoms with van der Waals surface area (Å²) in [6.07, 6.45) is 5.38. The first-order chi connectivity index (χ1) is 12.1. The Morgan fingerprint density at radius 1 is 1.36 bits per heavy atom. The van der Waals surface area contributed by atoms with Crippen LogP contribution in [0.3, 0.4) is 0 Å². The number of rotatable bonds is 6. The second-order valence-corrected chi connectivity index (χ2v) is 7.08. The number of amides is 1. The van der Waals surface area contributed by atoms with Crippen LogP contribution in [0.4, 0.5) is 0 Å². The number of hydrogen-bond donors (Lipinski definition) is 1. The molecule has 0 aliphatic carbocycles. The number of aromatic amines is 1. The lowest BCUT2D eigenvalue weighted by Crippen LogP contribution is -2.44. The summed E-state index contributed by atoms with van der Waals surface area (Å²) in [5.74, 6) is -0.0397. The Balaban J connectivity index is 1.72. The molecule has 1 saturated heterocycles. The fraction of sp³-hybridized carbons (Fsp3) is 0.474. The molecule has 0 spiro atoms. The molecular formula is C19H25ClN4O. The summed E-state index contributed by atoms with van der Waals surface area (Å²) in [5.41, 5.74) is 1.47. The average molecular weight is 361 g/mol. The number of likely N-dealkylation sites (tertiary alicyclic amines) is 1. The maximum Gasteiger partial charge on any atom is 0.272 e. The van der Waals surface area contributed by atoms with E-state index in [2.05, 4.69) is 22.0 Å². The summed E-state index contributed by atoms with van der Waals surface area (Å²) in [7, 11) is 0. The molecule has 0 bridgehead atoms. The third-order valence-electron chi connectivity index (χ3n) is 4.94. The van der Waals surface area contributed by atoms with E-state index in [4.69, 9.17) is 11.6 Å². The van der Waals surface area contributed by atoms with E-state index in [1.807, 2.05) is 29.2 Å². The van der Waals surface area contributed by atoms with E-state index in [9.17, 15) is 4.79 Å². The molecule has 1 aliphatic heterocycles. The van der Waals surface area contributed by atoms with E-state index in [-0.39, 0.29) is 5.91 Å². The Kier molecular flexibility index (Phi) is 6.10. The molecule has 1 fully saturated rings. The van der Waals surface area contributed by atoms with Gasteiger partial charge in [0.15, 0.2) is 0 Å². The van der Waals surface area contributed by atoms with Gasteiger partial charge in [0, 0.05) is 36.9 Å². The van der Waals surface area contributed by atoms with Crippen molar-refractivity contribution in [1.82, 2.24) is 20.0 Å². The first-order valence-electron chi connectivity index (χ1n) is 8.91. The molecule has 0 saturated carbocycles. The van der Waals surface area contributed by atoms with Gasteiger partial charge >= 0.3 is 0 Å². The van der Waals surface area contributed by atoms with Gasteiger partial charge in [-0.3, -0.25) is 14.8 Å². The first-order valence-corrected chi connectivity index (χ1v) is 9.29. The number of H-pyrrole nitrogens is 1. The van der Waals surface area contributed by atoms with Gasteiger partial charge in [0.2, 0.25) is 0 Å². The topological polar surface area (TPSA) is 52.2 Å². The predicted octanol–water partition coefficient (Wildman–Crippen LogP) is 3.58. The van der Waals surface area contributed by atoms with Crippen molar-refractivity contribution < 1.29 is 4.79 Å². The highest BCUT2D eigenvalue weighted by Gasteiger charge is 2.22. The number of carbonyl (C=O) groups is 1. The Labute approximate surface area is 154 Å². The highest BCUT2D eigenvalue weighted by atomic mass is 35.5. The highest BCUT2D eigenvalue weighted by Crippen LogP contribution is 2.19. The van der Waals surface area contributed by atoms with Crippen LogP contribution < -0.4 is 0 Å². The lowest BCUT2D eigenvalue weighted by molar-refractivity contribution is 0.0686. The minimum atomic E-state index is -0.0397. The number of nitrogens with zero attached hydrogens (tertiary/aromatic N) is 3. The smallest absolute Gasteiger partial charge is 0.272 e. The van der Waals surface area contributed by atoms with E-state index in [1.54, 1.807) is 12.3 Å². The van der Waals surface area contributed by atoms with E-state index in [0.717, 1.165) is 18.7 Å². The third-order valence-corrected chi connectivity index (χ3v) is 5.30. The van der Waals surface area contributed by atoms with Gasteiger partial charge in [-0.25, -0.2) is 0 Å². The Hall–Kier alpha value is -1.85. The lowest BCUT2D eigenvalue weighted by atomic mass is 10.0. The van der Waals surface area contributed by atoms with Gasteiger partial charge in [-0.1, -0.05) is 36.2 Å². The maximum atomic E-state index is 12.9. The number of benzene rings is 1. The molecule has 1 amide bonds. The van der Waals surface area contributed by atoms with Crippen LogP contribution in [-0.2, 0) is 6.54 Å². The monoisotopic (exact) mass is 360 g/mol. The van der Waals surface area contributed by atoms with Crippen molar-refractivity contribution >= 4 is 17.5 Å². The zero-order valence-corrected chi connectivity index (χ0v) is 15.4. The van der Waals surface area contributed by atoms with E-state index in [0.29, 0.717) is 29.8 Å². The molecule has 1 unspecified atom stereocenters. The lowest BCUT2D eigenvalue weighted by Gasteiger charge is -2.35. The van der Waals surface area contributed by atoms with Crippen LogP contribution in [0.15, 0.2) is 36.5 Å². The van der Waals surface area contributed by atoms with Crippen molar-refractivity contribution in [3.8, 4) is 0 Å². The quantitative estimate of drug-likeness (QED) is 0.856. The molecule has 134 valence electrons. The van der Waals surface area contributed by atoms with Gasteiger partial charge in [0.25, 0.3) is 5.91 Å². The Morgan fingerprint density at radius 2 is 2.20 bits per heavy atom. The van der Waals surface area contributed by atoms with Crippen LogP contribution in [-0.4, -0.2) is 51.6 Å². The molecule has 6 heteroatoms. The number of carbonyl (C=O) groups excluding carboxylic acids is 1. The maximum absolute atomic E-state index is 12.9. The number of piperidine rings is 1. The predicted molar refractivity (Wildman–Crippen MR) is 99.7 cm³/mol. The minimum absolute atomic E-state index is 0.0397. The van der Waals surface area contributed by atoms with Crippen molar-refractivity contribution in [1.29, 1.82) is 0 Å². The second-order valence-electron chi connectivity index (χ2n) is 6.67. The second kappa shape index (κ2) is 8.50. The SMILES string of the molecule is CC1CCCCN1CCN(Cc1ccccc1Cl)C(=O)c1ccn[nH]1. The van der Waals surface area contributed by atoms with Gasteiger partial charge in [0.1, 0.15) is 5.69 Å². The zero-order chi connectivity index (χ0) is 17.6. The Morgan fingerprint density at radius 3 is 2.92 bits per heavy atom. The number of nitrogens with one attached hydrogen (secondary N) is 1. The van der Waals surface area contributed by atoms with Gasteiger partial charge in [-0.15, -0.1) is 0 Å².